The van der Waals surface area contributed by atoms with Crippen molar-refractivity contribution in [3.05, 3.63) is 23.8 Å². The molecule has 1 aromatic rings. The van der Waals surface area contributed by atoms with E-state index in [9.17, 15) is 9.59 Å². The van der Waals surface area contributed by atoms with E-state index in [4.69, 9.17) is 9.47 Å². The van der Waals surface area contributed by atoms with Crippen molar-refractivity contribution in [2.75, 3.05) is 27.4 Å². The fraction of sp³-hybridized carbons (Fsp3) is 0.500. The monoisotopic (exact) mass is 306 g/mol. The summed E-state index contributed by atoms with van der Waals surface area (Å²) in [5.74, 6) is 0.958. The second-order valence-corrected chi connectivity index (χ2v) is 5.85. The van der Waals surface area contributed by atoms with Gasteiger partial charge in [-0.2, -0.15) is 0 Å². The van der Waals surface area contributed by atoms with Crippen LogP contribution in [0.5, 0.6) is 11.5 Å². The lowest BCUT2D eigenvalue weighted by Gasteiger charge is -2.23. The van der Waals surface area contributed by atoms with Crippen LogP contribution in [0.25, 0.3) is 0 Å². The van der Waals surface area contributed by atoms with Crippen molar-refractivity contribution in [1.82, 2.24) is 10.2 Å². The van der Waals surface area contributed by atoms with Crippen molar-refractivity contribution in [3.8, 4) is 11.5 Å². The molecular formula is C16H22N2O4. The summed E-state index contributed by atoms with van der Waals surface area (Å²) in [7, 11) is 3.87. The van der Waals surface area contributed by atoms with Gasteiger partial charge in [-0.1, -0.05) is 6.92 Å². The molecule has 0 saturated carbocycles. The number of rotatable bonds is 7. The standard InChI is InChI=1S/C16H22N2O4/c1-11(9-19)6-13(8-18(2)3)17-16(20)12-4-5-14-15(7-12)22-10-21-14/h4-5,7,9,11,13H,6,8,10H2,1-3H3,(H,17,20)/t11?,13-/m1/s1. The number of nitrogens with one attached hydrogen (secondary N) is 1. The fourth-order valence-electron chi connectivity index (χ4n) is 2.43. The number of carbonyl (C=O) groups is 2. The number of likely N-dealkylation sites (N-methyl/N-ethyl adjacent to an activating group) is 1. The quantitative estimate of drug-likeness (QED) is 0.769. The minimum atomic E-state index is -0.178. The Kier molecular flexibility index (Phi) is 5.38. The maximum Gasteiger partial charge on any atom is 0.251 e. The average Bonchev–Trinajstić information content (AvgIpc) is 2.93. The molecule has 22 heavy (non-hydrogen) atoms. The van der Waals surface area contributed by atoms with Crippen LogP contribution in [0.3, 0.4) is 0 Å². The summed E-state index contributed by atoms with van der Waals surface area (Å²) >= 11 is 0. The largest absolute Gasteiger partial charge is 0.454 e. The number of benzene rings is 1. The maximum absolute atomic E-state index is 12.4. The molecule has 2 rings (SSSR count). The Labute approximate surface area is 130 Å². The number of carbonyl (C=O) groups excluding carboxylic acids is 2. The lowest BCUT2D eigenvalue weighted by molar-refractivity contribution is -0.111. The normalized spacial score (nSPS) is 15.5. The average molecular weight is 306 g/mol. The van der Waals surface area contributed by atoms with Gasteiger partial charge in [0.15, 0.2) is 11.5 Å². The summed E-state index contributed by atoms with van der Waals surface area (Å²) in [4.78, 5) is 25.2. The van der Waals surface area contributed by atoms with E-state index in [1.807, 2.05) is 25.9 Å². The zero-order valence-corrected chi connectivity index (χ0v) is 13.2. The van der Waals surface area contributed by atoms with Crippen molar-refractivity contribution in [1.29, 1.82) is 0 Å². The Hall–Kier alpha value is -2.08. The molecule has 1 amide bonds. The zero-order chi connectivity index (χ0) is 16.1. The van der Waals surface area contributed by atoms with Crippen LogP contribution in [0.2, 0.25) is 0 Å². The number of nitrogens with zero attached hydrogens (tertiary/aromatic N) is 1. The molecule has 0 radical (unpaired) electrons. The molecule has 2 atom stereocenters. The van der Waals surface area contributed by atoms with Gasteiger partial charge in [0.25, 0.3) is 5.91 Å². The van der Waals surface area contributed by atoms with E-state index in [0.29, 0.717) is 30.0 Å². The number of ether oxygens (including phenoxy) is 2. The Morgan fingerprint density at radius 3 is 2.77 bits per heavy atom. The lowest BCUT2D eigenvalue weighted by atomic mass is 10.0. The van der Waals surface area contributed by atoms with Gasteiger partial charge in [0, 0.05) is 24.1 Å². The molecule has 0 aromatic heterocycles. The summed E-state index contributed by atoms with van der Waals surface area (Å²) in [5.41, 5.74) is 0.520. The van der Waals surface area contributed by atoms with Crippen LogP contribution in [0.4, 0.5) is 0 Å². The van der Waals surface area contributed by atoms with Crippen LogP contribution in [0, 0.1) is 5.92 Å². The van der Waals surface area contributed by atoms with Gasteiger partial charge in [0.1, 0.15) is 6.29 Å². The first-order chi connectivity index (χ1) is 10.5. The summed E-state index contributed by atoms with van der Waals surface area (Å²) < 4.78 is 10.5. The van der Waals surface area contributed by atoms with E-state index >= 15 is 0 Å². The van der Waals surface area contributed by atoms with Gasteiger partial charge in [-0.25, -0.2) is 0 Å². The molecule has 1 aromatic carbocycles. The topological polar surface area (TPSA) is 67.9 Å². The highest BCUT2D eigenvalue weighted by Crippen LogP contribution is 2.32. The summed E-state index contributed by atoms with van der Waals surface area (Å²) in [5, 5.41) is 2.99. The second kappa shape index (κ2) is 7.26. The number of hydrogen-bond donors (Lipinski definition) is 1. The van der Waals surface area contributed by atoms with Crippen LogP contribution in [0.15, 0.2) is 18.2 Å². The van der Waals surface area contributed by atoms with E-state index in [2.05, 4.69) is 5.32 Å². The van der Waals surface area contributed by atoms with Gasteiger partial charge in [0.05, 0.1) is 0 Å². The third kappa shape index (κ3) is 4.21. The number of amides is 1. The van der Waals surface area contributed by atoms with Crippen LogP contribution in [-0.2, 0) is 4.79 Å². The highest BCUT2D eigenvalue weighted by atomic mass is 16.7. The van der Waals surface area contributed by atoms with E-state index < -0.39 is 0 Å². The SMILES string of the molecule is CC(C=O)C[C@H](CN(C)C)NC(=O)c1ccc2c(c1)OCO2. The van der Waals surface area contributed by atoms with Gasteiger partial charge in [0.2, 0.25) is 6.79 Å². The second-order valence-electron chi connectivity index (χ2n) is 5.85. The molecule has 1 heterocycles. The van der Waals surface area contributed by atoms with Crippen molar-refractivity contribution in [2.24, 2.45) is 5.92 Å². The molecule has 6 nitrogen and oxygen atoms in total. The molecular weight excluding hydrogens is 284 g/mol. The molecule has 0 aliphatic carbocycles. The van der Waals surface area contributed by atoms with E-state index in [0.717, 1.165) is 6.29 Å². The van der Waals surface area contributed by atoms with Crippen molar-refractivity contribution >= 4 is 12.2 Å². The molecule has 1 unspecified atom stereocenters. The first-order valence-electron chi connectivity index (χ1n) is 7.30. The van der Waals surface area contributed by atoms with Crippen LogP contribution < -0.4 is 14.8 Å². The van der Waals surface area contributed by atoms with Gasteiger partial charge < -0.3 is 24.5 Å². The van der Waals surface area contributed by atoms with Crippen LogP contribution in [0.1, 0.15) is 23.7 Å². The Balaban J connectivity index is 2.04. The molecule has 0 fully saturated rings. The van der Waals surface area contributed by atoms with Gasteiger partial charge in [-0.3, -0.25) is 4.79 Å². The van der Waals surface area contributed by atoms with E-state index in [1.54, 1.807) is 18.2 Å². The lowest BCUT2D eigenvalue weighted by Crippen LogP contribution is -2.42. The smallest absolute Gasteiger partial charge is 0.251 e. The maximum atomic E-state index is 12.4. The van der Waals surface area contributed by atoms with E-state index in [-0.39, 0.29) is 24.7 Å². The molecule has 6 heteroatoms. The minimum absolute atomic E-state index is 0.0897. The molecule has 0 saturated heterocycles. The number of fused-ring (bicyclic) bond motifs is 1. The summed E-state index contributed by atoms with van der Waals surface area (Å²) in [6.07, 6.45) is 1.52. The number of aldehydes is 1. The van der Waals surface area contributed by atoms with Crippen molar-refractivity contribution in [2.45, 2.75) is 19.4 Å². The Morgan fingerprint density at radius 2 is 2.09 bits per heavy atom. The predicted octanol–water partition coefficient (Wildman–Crippen LogP) is 1.30. The van der Waals surface area contributed by atoms with Crippen LogP contribution in [-0.4, -0.2) is 50.6 Å². The van der Waals surface area contributed by atoms with E-state index in [1.165, 1.54) is 0 Å². The molecule has 1 aliphatic heterocycles. The van der Waals surface area contributed by atoms with Crippen LogP contribution >= 0.6 is 0 Å². The first kappa shape index (κ1) is 16.3. The summed E-state index contributed by atoms with van der Waals surface area (Å²) in [6, 6.07) is 5.02. The van der Waals surface area contributed by atoms with Gasteiger partial charge in [-0.05, 0) is 38.7 Å². The highest BCUT2D eigenvalue weighted by Gasteiger charge is 2.20. The molecule has 0 bridgehead atoms. The molecule has 1 N–H and O–H groups in total. The third-order valence-electron chi connectivity index (χ3n) is 3.44. The highest BCUT2D eigenvalue weighted by molar-refractivity contribution is 5.95. The first-order valence-corrected chi connectivity index (χ1v) is 7.30. The Bertz CT molecular complexity index is 545. The van der Waals surface area contributed by atoms with Crippen molar-refractivity contribution < 1.29 is 19.1 Å². The molecule has 1 aliphatic rings. The van der Waals surface area contributed by atoms with Crippen molar-refractivity contribution in [3.63, 3.8) is 0 Å². The molecule has 120 valence electrons. The minimum Gasteiger partial charge on any atom is -0.454 e. The third-order valence-corrected chi connectivity index (χ3v) is 3.44. The fourth-order valence-corrected chi connectivity index (χ4v) is 2.43. The Morgan fingerprint density at radius 1 is 1.36 bits per heavy atom. The molecule has 0 spiro atoms. The predicted molar refractivity (Wildman–Crippen MR) is 82.2 cm³/mol. The summed E-state index contributed by atoms with van der Waals surface area (Å²) in [6.45, 7) is 2.71. The number of hydrogen-bond acceptors (Lipinski definition) is 5. The van der Waals surface area contributed by atoms with Gasteiger partial charge in [-0.15, -0.1) is 0 Å². The van der Waals surface area contributed by atoms with Gasteiger partial charge >= 0.3 is 0 Å². The zero-order valence-electron chi connectivity index (χ0n) is 13.2.